The van der Waals surface area contributed by atoms with Gasteiger partial charge in [-0.1, -0.05) is 48.0 Å². The third kappa shape index (κ3) is 4.43. The van der Waals surface area contributed by atoms with Crippen LogP contribution < -0.4 is 10.2 Å². The van der Waals surface area contributed by atoms with E-state index in [1.54, 1.807) is 12.1 Å². The predicted octanol–water partition coefficient (Wildman–Crippen LogP) is 5.30. The van der Waals surface area contributed by atoms with Gasteiger partial charge in [-0.2, -0.15) is 0 Å². The predicted molar refractivity (Wildman–Crippen MR) is 130 cm³/mol. The van der Waals surface area contributed by atoms with Crippen molar-refractivity contribution >= 4 is 45.8 Å². The van der Waals surface area contributed by atoms with E-state index in [1.165, 1.54) is 0 Å². The Morgan fingerprint density at radius 2 is 1.58 bits per heavy atom. The topological polar surface area (TPSA) is 65.8 Å². The van der Waals surface area contributed by atoms with Gasteiger partial charge in [-0.05, 0) is 42.5 Å². The Morgan fingerprint density at radius 1 is 0.848 bits per heavy atom. The van der Waals surface area contributed by atoms with E-state index in [0.29, 0.717) is 48.0 Å². The first kappa shape index (κ1) is 21.1. The van der Waals surface area contributed by atoms with Crippen molar-refractivity contribution in [2.45, 2.75) is 0 Å². The fourth-order valence-electron chi connectivity index (χ4n) is 4.04. The van der Waals surface area contributed by atoms with Crippen LogP contribution in [0.5, 0.6) is 0 Å². The normalized spacial score (nSPS) is 13.8. The lowest BCUT2D eigenvalue weighted by Crippen LogP contribution is -2.48. The largest absolute Gasteiger partial charge is 0.451 e. The second-order valence-electron chi connectivity index (χ2n) is 7.91. The lowest BCUT2D eigenvalue weighted by atomic mass is 10.1. The molecule has 1 aromatic heterocycles. The van der Waals surface area contributed by atoms with Crippen LogP contribution >= 0.6 is 11.6 Å². The zero-order valence-electron chi connectivity index (χ0n) is 17.8. The van der Waals surface area contributed by atoms with Crippen LogP contribution in [0.3, 0.4) is 0 Å². The van der Waals surface area contributed by atoms with Crippen LogP contribution in [0.25, 0.3) is 11.0 Å². The molecule has 1 N–H and O–H groups in total. The maximum atomic E-state index is 12.7. The molecule has 0 atom stereocenters. The van der Waals surface area contributed by atoms with E-state index >= 15 is 0 Å². The van der Waals surface area contributed by atoms with Crippen molar-refractivity contribution in [2.75, 3.05) is 36.4 Å². The van der Waals surface area contributed by atoms with Gasteiger partial charge in [0.15, 0.2) is 5.76 Å². The molecule has 3 aromatic carbocycles. The number of benzene rings is 3. The molecule has 0 radical (unpaired) electrons. The maximum Gasteiger partial charge on any atom is 0.291 e. The molecule has 2 amide bonds. The number of fused-ring (bicyclic) bond motifs is 1. The third-order valence-corrected chi connectivity index (χ3v) is 6.09. The molecule has 5 rings (SSSR count). The SMILES string of the molecule is O=C(Nc1ccc(N2CCN(C(=O)c3ccccc3)CC2)c(Cl)c1)c1cc2ccccc2o1. The van der Waals surface area contributed by atoms with Crippen molar-refractivity contribution in [3.8, 4) is 0 Å². The fourth-order valence-corrected chi connectivity index (χ4v) is 4.34. The summed E-state index contributed by atoms with van der Waals surface area (Å²) in [6, 6.07) is 24.0. The number of rotatable bonds is 4. The number of nitrogens with one attached hydrogen (secondary N) is 1. The van der Waals surface area contributed by atoms with Crippen molar-refractivity contribution in [3.05, 3.63) is 95.2 Å². The van der Waals surface area contributed by atoms with Gasteiger partial charge in [-0.3, -0.25) is 9.59 Å². The van der Waals surface area contributed by atoms with Gasteiger partial charge in [0.25, 0.3) is 11.8 Å². The summed E-state index contributed by atoms with van der Waals surface area (Å²) in [6.07, 6.45) is 0. The molecule has 0 aliphatic carbocycles. The number of carbonyl (C=O) groups is 2. The molecular weight excluding hydrogens is 438 g/mol. The number of para-hydroxylation sites is 1. The Morgan fingerprint density at radius 3 is 2.30 bits per heavy atom. The lowest BCUT2D eigenvalue weighted by molar-refractivity contribution is 0.0746. The smallest absolute Gasteiger partial charge is 0.291 e. The number of halogens is 1. The Hall–Kier alpha value is -3.77. The van der Waals surface area contributed by atoms with Gasteiger partial charge >= 0.3 is 0 Å². The standard InChI is InChI=1S/C26H22ClN3O3/c27-21-17-20(28-25(31)24-16-19-8-4-5-9-23(19)33-24)10-11-22(21)29-12-14-30(15-13-29)26(32)18-6-2-1-3-7-18/h1-11,16-17H,12-15H2,(H,28,31). The summed E-state index contributed by atoms with van der Waals surface area (Å²) in [4.78, 5) is 29.3. The van der Waals surface area contributed by atoms with Crippen LogP contribution in [0, 0.1) is 0 Å². The average molecular weight is 460 g/mol. The highest BCUT2D eigenvalue weighted by molar-refractivity contribution is 6.33. The van der Waals surface area contributed by atoms with Gasteiger partial charge in [0.1, 0.15) is 5.58 Å². The van der Waals surface area contributed by atoms with Gasteiger partial charge in [0, 0.05) is 42.8 Å². The quantitative estimate of drug-likeness (QED) is 0.449. The first-order valence-electron chi connectivity index (χ1n) is 10.8. The second-order valence-corrected chi connectivity index (χ2v) is 8.32. The van der Waals surface area contributed by atoms with Crippen molar-refractivity contribution in [1.82, 2.24) is 4.90 Å². The minimum Gasteiger partial charge on any atom is -0.451 e. The number of nitrogens with zero attached hydrogens (tertiary/aromatic N) is 2. The number of furan rings is 1. The molecule has 1 aliphatic rings. The van der Waals surface area contributed by atoms with E-state index in [-0.39, 0.29) is 17.6 Å². The van der Waals surface area contributed by atoms with Gasteiger partial charge in [-0.15, -0.1) is 0 Å². The number of piperazine rings is 1. The Kier molecular flexibility index (Phi) is 5.75. The molecule has 0 spiro atoms. The minimum atomic E-state index is -0.331. The molecule has 0 saturated carbocycles. The van der Waals surface area contributed by atoms with Crippen LogP contribution in [-0.2, 0) is 0 Å². The first-order chi connectivity index (χ1) is 16.1. The van der Waals surface area contributed by atoms with Crippen LogP contribution in [0.15, 0.2) is 83.3 Å². The summed E-state index contributed by atoms with van der Waals surface area (Å²) in [6.45, 7) is 2.61. The van der Waals surface area contributed by atoms with Gasteiger partial charge < -0.3 is 19.5 Å². The van der Waals surface area contributed by atoms with Crippen molar-refractivity contribution in [2.24, 2.45) is 0 Å². The molecule has 1 saturated heterocycles. The molecular formula is C26H22ClN3O3. The first-order valence-corrected chi connectivity index (χ1v) is 11.1. The van der Waals surface area contributed by atoms with Crippen LogP contribution in [-0.4, -0.2) is 42.9 Å². The fraction of sp³-hybridized carbons (Fsp3) is 0.154. The highest BCUT2D eigenvalue weighted by Gasteiger charge is 2.23. The number of amides is 2. The van der Waals surface area contributed by atoms with Crippen molar-refractivity contribution in [3.63, 3.8) is 0 Å². The Bertz CT molecular complexity index is 1280. The molecule has 166 valence electrons. The Labute approximate surface area is 196 Å². The molecule has 0 bridgehead atoms. The summed E-state index contributed by atoms with van der Waals surface area (Å²) in [5.74, 6) is -0.0383. The van der Waals surface area contributed by atoms with E-state index in [9.17, 15) is 9.59 Å². The highest BCUT2D eigenvalue weighted by Crippen LogP contribution is 2.30. The van der Waals surface area contributed by atoms with Crippen LogP contribution in [0.4, 0.5) is 11.4 Å². The molecule has 1 fully saturated rings. The van der Waals surface area contributed by atoms with Gasteiger partial charge in [-0.25, -0.2) is 0 Å². The molecule has 0 unspecified atom stereocenters. The Balaban J connectivity index is 1.23. The number of hydrogen-bond donors (Lipinski definition) is 1. The number of hydrogen-bond acceptors (Lipinski definition) is 4. The zero-order valence-corrected chi connectivity index (χ0v) is 18.6. The van der Waals surface area contributed by atoms with E-state index in [2.05, 4.69) is 10.2 Å². The van der Waals surface area contributed by atoms with Gasteiger partial charge in [0.05, 0.1) is 10.7 Å². The zero-order chi connectivity index (χ0) is 22.8. The molecule has 2 heterocycles. The van der Waals surface area contributed by atoms with E-state index in [1.807, 2.05) is 71.6 Å². The summed E-state index contributed by atoms with van der Waals surface area (Å²) in [5, 5.41) is 4.26. The number of anilines is 2. The van der Waals surface area contributed by atoms with Crippen LogP contribution in [0.2, 0.25) is 5.02 Å². The lowest BCUT2D eigenvalue weighted by Gasteiger charge is -2.36. The second kappa shape index (κ2) is 9.00. The van der Waals surface area contributed by atoms with E-state index in [4.69, 9.17) is 16.0 Å². The molecule has 4 aromatic rings. The average Bonchev–Trinajstić information content (AvgIpc) is 3.29. The van der Waals surface area contributed by atoms with Crippen molar-refractivity contribution < 1.29 is 14.0 Å². The number of carbonyl (C=O) groups excluding carboxylic acids is 2. The summed E-state index contributed by atoms with van der Waals surface area (Å²) in [7, 11) is 0. The minimum absolute atomic E-state index is 0.0463. The highest BCUT2D eigenvalue weighted by atomic mass is 35.5. The maximum absolute atomic E-state index is 12.7. The van der Waals surface area contributed by atoms with E-state index in [0.717, 1.165) is 11.1 Å². The summed E-state index contributed by atoms with van der Waals surface area (Å²) in [5.41, 5.74) is 2.84. The summed E-state index contributed by atoms with van der Waals surface area (Å²) < 4.78 is 5.63. The monoisotopic (exact) mass is 459 g/mol. The van der Waals surface area contributed by atoms with Crippen molar-refractivity contribution in [1.29, 1.82) is 0 Å². The van der Waals surface area contributed by atoms with E-state index < -0.39 is 0 Å². The third-order valence-electron chi connectivity index (χ3n) is 5.78. The summed E-state index contributed by atoms with van der Waals surface area (Å²) >= 11 is 6.55. The molecule has 33 heavy (non-hydrogen) atoms. The van der Waals surface area contributed by atoms with Crippen LogP contribution in [0.1, 0.15) is 20.9 Å². The molecule has 7 heteroatoms. The molecule has 1 aliphatic heterocycles. The molecule has 6 nitrogen and oxygen atoms in total. The van der Waals surface area contributed by atoms with Gasteiger partial charge in [0.2, 0.25) is 0 Å².